The maximum absolute atomic E-state index is 12.2. The van der Waals surface area contributed by atoms with E-state index in [1.54, 1.807) is 0 Å². The number of hydrogen-bond acceptors (Lipinski definition) is 4. The molecule has 0 amide bonds. The average Bonchev–Trinajstić information content (AvgIpc) is 2.62. The average molecular weight is 400 g/mol. The number of nitrogens with zero attached hydrogens (tertiary/aromatic N) is 1. The van der Waals surface area contributed by atoms with Gasteiger partial charge in [-0.3, -0.25) is 9.59 Å². The highest BCUT2D eigenvalue weighted by Gasteiger charge is 2.14. The summed E-state index contributed by atoms with van der Waals surface area (Å²) in [5.41, 5.74) is 0. The van der Waals surface area contributed by atoms with Gasteiger partial charge in [0.25, 0.3) is 0 Å². The van der Waals surface area contributed by atoms with Gasteiger partial charge in [-0.1, -0.05) is 58.3 Å². The van der Waals surface area contributed by atoms with Crippen molar-refractivity contribution in [1.29, 1.82) is 0 Å². The molecule has 0 fully saturated rings. The highest BCUT2D eigenvalue weighted by Crippen LogP contribution is 2.17. The summed E-state index contributed by atoms with van der Waals surface area (Å²) in [4.78, 5) is 24.8. The van der Waals surface area contributed by atoms with Crippen LogP contribution in [0.3, 0.4) is 0 Å². The topological polar surface area (TPSA) is 66.8 Å². The minimum absolute atomic E-state index is 0.0528. The van der Waals surface area contributed by atoms with Crippen LogP contribution in [0.5, 0.6) is 0 Å². The maximum Gasteiger partial charge on any atom is 0.306 e. The predicted octanol–water partition coefficient (Wildman–Crippen LogP) is 5.81. The molecule has 0 aromatic heterocycles. The van der Waals surface area contributed by atoms with Gasteiger partial charge >= 0.3 is 11.9 Å². The second-order valence-electron chi connectivity index (χ2n) is 8.28. The molecule has 0 rings (SSSR count). The van der Waals surface area contributed by atoms with E-state index in [4.69, 9.17) is 9.84 Å². The number of unbranched alkanes of at least 4 members (excludes halogenated alkanes) is 9. The number of carboxylic acid groups (broad SMARTS) is 1. The molecule has 166 valence electrons. The Morgan fingerprint density at radius 1 is 0.786 bits per heavy atom. The zero-order valence-electron chi connectivity index (χ0n) is 18.7. The molecule has 0 spiro atoms. The van der Waals surface area contributed by atoms with Crippen LogP contribution in [0.25, 0.3) is 0 Å². The maximum atomic E-state index is 12.2. The number of ether oxygens (including phenoxy) is 1. The molecule has 0 aliphatic carbocycles. The Hall–Kier alpha value is -1.10. The first-order valence-corrected chi connectivity index (χ1v) is 11.5. The van der Waals surface area contributed by atoms with Gasteiger partial charge in [-0.25, -0.2) is 0 Å². The van der Waals surface area contributed by atoms with Crippen LogP contribution in [0.4, 0.5) is 0 Å². The van der Waals surface area contributed by atoms with E-state index in [9.17, 15) is 9.59 Å². The largest absolute Gasteiger partial charge is 0.481 e. The van der Waals surface area contributed by atoms with Crippen molar-refractivity contribution in [2.45, 2.75) is 116 Å². The summed E-state index contributed by atoms with van der Waals surface area (Å²) in [7, 11) is 4.03. The summed E-state index contributed by atoms with van der Waals surface area (Å²) in [5, 5.41) is 8.66. The lowest BCUT2D eigenvalue weighted by Gasteiger charge is -2.18. The monoisotopic (exact) mass is 399 g/mol. The standard InChI is InChI=1S/C23H45NO4/c1-4-5-6-7-9-12-16-21(28-23(27)19-15-20-24(2)3)17-13-10-8-11-14-18-22(25)26/h21H,4-20H2,1-3H3,(H,25,26). The van der Waals surface area contributed by atoms with E-state index in [0.29, 0.717) is 6.42 Å². The zero-order valence-corrected chi connectivity index (χ0v) is 18.7. The normalized spacial score (nSPS) is 12.3. The molecule has 0 radical (unpaired) electrons. The van der Waals surface area contributed by atoms with Crippen molar-refractivity contribution >= 4 is 11.9 Å². The summed E-state index contributed by atoms with van der Waals surface area (Å²) in [6.07, 6.45) is 16.0. The van der Waals surface area contributed by atoms with Crippen LogP contribution < -0.4 is 0 Å². The van der Waals surface area contributed by atoms with Gasteiger partial charge in [-0.15, -0.1) is 0 Å². The molecule has 0 aromatic carbocycles. The lowest BCUT2D eigenvalue weighted by molar-refractivity contribution is -0.150. The molecule has 5 nitrogen and oxygen atoms in total. The number of aliphatic carboxylic acids is 1. The molecule has 0 bridgehead atoms. The second kappa shape index (κ2) is 19.2. The molecule has 1 unspecified atom stereocenters. The smallest absolute Gasteiger partial charge is 0.306 e. The molecule has 0 aromatic rings. The van der Waals surface area contributed by atoms with Crippen LogP contribution in [0.2, 0.25) is 0 Å². The molecule has 5 heteroatoms. The molecule has 0 saturated carbocycles. The molecule has 1 N–H and O–H groups in total. The van der Waals surface area contributed by atoms with Crippen LogP contribution in [-0.2, 0) is 14.3 Å². The Bertz CT molecular complexity index is 385. The first kappa shape index (κ1) is 26.9. The Morgan fingerprint density at radius 3 is 1.86 bits per heavy atom. The van der Waals surface area contributed by atoms with Gasteiger partial charge in [0, 0.05) is 12.8 Å². The quantitative estimate of drug-likeness (QED) is 0.207. The third kappa shape index (κ3) is 19.7. The Labute approximate surface area is 173 Å². The highest BCUT2D eigenvalue weighted by atomic mass is 16.5. The molecule has 0 aliphatic heterocycles. The van der Waals surface area contributed by atoms with Crippen LogP contribution in [-0.4, -0.2) is 48.7 Å². The van der Waals surface area contributed by atoms with Crippen LogP contribution >= 0.6 is 0 Å². The van der Waals surface area contributed by atoms with Gasteiger partial charge in [-0.05, 0) is 59.2 Å². The van der Waals surface area contributed by atoms with E-state index >= 15 is 0 Å². The van der Waals surface area contributed by atoms with Crippen molar-refractivity contribution in [3.05, 3.63) is 0 Å². The minimum atomic E-state index is -0.708. The fourth-order valence-electron chi connectivity index (χ4n) is 3.38. The summed E-state index contributed by atoms with van der Waals surface area (Å²) < 4.78 is 5.78. The van der Waals surface area contributed by atoms with E-state index in [0.717, 1.165) is 64.3 Å². The van der Waals surface area contributed by atoms with Gasteiger partial charge in [0.1, 0.15) is 6.10 Å². The lowest BCUT2D eigenvalue weighted by atomic mass is 10.0. The van der Waals surface area contributed by atoms with Gasteiger partial charge < -0.3 is 14.7 Å². The van der Waals surface area contributed by atoms with E-state index in [-0.39, 0.29) is 18.5 Å². The number of carboxylic acids is 1. The third-order valence-corrected chi connectivity index (χ3v) is 5.08. The highest BCUT2D eigenvalue weighted by molar-refractivity contribution is 5.69. The minimum Gasteiger partial charge on any atom is -0.481 e. The molecular formula is C23H45NO4. The van der Waals surface area contributed by atoms with Gasteiger partial charge in [0.05, 0.1) is 0 Å². The van der Waals surface area contributed by atoms with Crippen LogP contribution in [0.1, 0.15) is 110 Å². The van der Waals surface area contributed by atoms with Crippen LogP contribution in [0, 0.1) is 0 Å². The van der Waals surface area contributed by atoms with Crippen molar-refractivity contribution in [2.24, 2.45) is 0 Å². The second-order valence-corrected chi connectivity index (χ2v) is 8.28. The summed E-state index contributed by atoms with van der Waals surface area (Å²) in [5.74, 6) is -0.764. The van der Waals surface area contributed by atoms with E-state index < -0.39 is 5.97 Å². The summed E-state index contributed by atoms with van der Waals surface area (Å²) in [6, 6.07) is 0. The first-order chi connectivity index (χ1) is 13.5. The molecule has 0 saturated heterocycles. The molecule has 28 heavy (non-hydrogen) atoms. The van der Waals surface area contributed by atoms with Gasteiger partial charge in [0.2, 0.25) is 0 Å². The fraction of sp³-hybridized carbons (Fsp3) is 0.913. The van der Waals surface area contributed by atoms with E-state index in [1.165, 1.54) is 32.1 Å². The zero-order chi connectivity index (χ0) is 21.0. The first-order valence-electron chi connectivity index (χ1n) is 11.5. The SMILES string of the molecule is CCCCCCCCC(CCCCCCCC(=O)O)OC(=O)CCCN(C)C. The van der Waals surface area contributed by atoms with Crippen LogP contribution in [0.15, 0.2) is 0 Å². The predicted molar refractivity (Wildman–Crippen MR) is 116 cm³/mol. The van der Waals surface area contributed by atoms with E-state index in [1.807, 2.05) is 14.1 Å². The Morgan fingerprint density at radius 2 is 1.32 bits per heavy atom. The van der Waals surface area contributed by atoms with Crippen molar-refractivity contribution in [1.82, 2.24) is 4.90 Å². The van der Waals surface area contributed by atoms with Crippen molar-refractivity contribution < 1.29 is 19.4 Å². The van der Waals surface area contributed by atoms with Gasteiger partial charge in [0.15, 0.2) is 0 Å². The van der Waals surface area contributed by atoms with E-state index in [2.05, 4.69) is 11.8 Å². The van der Waals surface area contributed by atoms with Crippen molar-refractivity contribution in [3.63, 3.8) is 0 Å². The molecule has 0 heterocycles. The number of hydrogen-bond donors (Lipinski definition) is 1. The molecule has 1 atom stereocenters. The Balaban J connectivity index is 4.05. The molecular weight excluding hydrogens is 354 g/mol. The lowest BCUT2D eigenvalue weighted by Crippen LogP contribution is -2.20. The number of esters is 1. The number of rotatable bonds is 20. The van der Waals surface area contributed by atoms with Crippen molar-refractivity contribution in [2.75, 3.05) is 20.6 Å². The fourth-order valence-corrected chi connectivity index (χ4v) is 3.38. The van der Waals surface area contributed by atoms with Crippen molar-refractivity contribution in [3.8, 4) is 0 Å². The molecule has 0 aliphatic rings. The number of carbonyl (C=O) groups excluding carboxylic acids is 1. The Kier molecular flexibility index (Phi) is 18.5. The third-order valence-electron chi connectivity index (χ3n) is 5.08. The number of carbonyl (C=O) groups is 2. The summed E-state index contributed by atoms with van der Waals surface area (Å²) in [6.45, 7) is 3.14. The summed E-state index contributed by atoms with van der Waals surface area (Å²) >= 11 is 0. The van der Waals surface area contributed by atoms with Gasteiger partial charge in [-0.2, -0.15) is 0 Å².